The van der Waals surface area contributed by atoms with Gasteiger partial charge in [-0.25, -0.2) is 4.39 Å². The number of hydrogen-bond donors (Lipinski definition) is 1. The average molecular weight is 411 g/mol. The lowest BCUT2D eigenvalue weighted by Gasteiger charge is -2.39. The highest BCUT2D eigenvalue weighted by atomic mass is 19.1. The van der Waals surface area contributed by atoms with Gasteiger partial charge in [0.15, 0.2) is 11.5 Å². The van der Waals surface area contributed by atoms with Crippen LogP contribution in [0.4, 0.5) is 4.39 Å². The Bertz CT molecular complexity index is 1030. The van der Waals surface area contributed by atoms with Gasteiger partial charge in [0.25, 0.3) is 5.91 Å². The molecule has 3 heterocycles. The predicted octanol–water partition coefficient (Wildman–Crippen LogP) is 3.80. The van der Waals surface area contributed by atoms with Gasteiger partial charge in [-0.15, -0.1) is 0 Å². The Morgan fingerprint density at radius 1 is 1.30 bits per heavy atom. The van der Waals surface area contributed by atoms with Crippen molar-refractivity contribution >= 4 is 11.8 Å². The van der Waals surface area contributed by atoms with Crippen LogP contribution >= 0.6 is 0 Å². The first-order valence-electron chi connectivity index (χ1n) is 9.79. The van der Waals surface area contributed by atoms with E-state index in [4.69, 9.17) is 8.94 Å². The van der Waals surface area contributed by atoms with E-state index in [0.29, 0.717) is 23.5 Å². The Hall–Kier alpha value is -3.42. The van der Waals surface area contributed by atoms with Crippen LogP contribution in [-0.2, 0) is 4.79 Å². The van der Waals surface area contributed by atoms with Gasteiger partial charge < -0.3 is 19.2 Å². The maximum atomic E-state index is 13.3. The van der Waals surface area contributed by atoms with Crippen molar-refractivity contribution in [2.75, 3.05) is 6.54 Å². The molecule has 2 atom stereocenters. The lowest BCUT2D eigenvalue weighted by atomic mass is 9.97. The summed E-state index contributed by atoms with van der Waals surface area (Å²) in [5, 5.41) is 6.84. The van der Waals surface area contributed by atoms with Crippen LogP contribution in [0.25, 0.3) is 11.3 Å². The molecule has 1 aliphatic heterocycles. The molecule has 0 unspecified atom stereocenters. The molecule has 156 valence electrons. The molecule has 3 aromatic rings. The highest BCUT2D eigenvalue weighted by molar-refractivity contribution is 5.97. The summed E-state index contributed by atoms with van der Waals surface area (Å²) in [6, 6.07) is 9.66. The fourth-order valence-corrected chi connectivity index (χ4v) is 3.61. The van der Waals surface area contributed by atoms with Crippen LogP contribution < -0.4 is 5.32 Å². The van der Waals surface area contributed by atoms with Gasteiger partial charge in [0.05, 0.1) is 6.26 Å². The summed E-state index contributed by atoms with van der Waals surface area (Å²) in [4.78, 5) is 27.6. The first-order valence-corrected chi connectivity index (χ1v) is 9.79. The number of nitrogens with zero attached hydrogens (tertiary/aromatic N) is 2. The minimum Gasteiger partial charge on any atom is -0.467 e. The van der Waals surface area contributed by atoms with Crippen molar-refractivity contribution in [3.8, 4) is 11.3 Å². The molecule has 2 amide bonds. The number of rotatable bonds is 5. The molecule has 4 rings (SSSR count). The third-order valence-electron chi connectivity index (χ3n) is 5.07. The van der Waals surface area contributed by atoms with Gasteiger partial charge in [-0.3, -0.25) is 9.59 Å². The Balaban J connectivity index is 1.61. The molecule has 2 aromatic heterocycles. The Morgan fingerprint density at radius 2 is 2.07 bits per heavy atom. The number of benzene rings is 1. The van der Waals surface area contributed by atoms with E-state index in [2.05, 4.69) is 10.5 Å². The number of hydrogen-bond acceptors (Lipinski definition) is 5. The summed E-state index contributed by atoms with van der Waals surface area (Å²) >= 11 is 0. The number of carbonyl (C=O) groups is 2. The lowest BCUT2D eigenvalue weighted by molar-refractivity contribution is -0.130. The highest BCUT2D eigenvalue weighted by Gasteiger charge is 2.40. The average Bonchev–Trinajstić information content (AvgIpc) is 3.41. The largest absolute Gasteiger partial charge is 0.467 e. The first-order chi connectivity index (χ1) is 14.4. The topological polar surface area (TPSA) is 88.6 Å². The molecular formula is C22H22FN3O4. The van der Waals surface area contributed by atoms with Crippen molar-refractivity contribution in [2.24, 2.45) is 5.92 Å². The molecule has 1 saturated heterocycles. The molecule has 30 heavy (non-hydrogen) atoms. The van der Waals surface area contributed by atoms with Gasteiger partial charge in [-0.05, 0) is 48.7 Å². The molecular weight excluding hydrogens is 389 g/mol. The van der Waals surface area contributed by atoms with Crippen molar-refractivity contribution in [1.82, 2.24) is 15.4 Å². The van der Waals surface area contributed by atoms with Gasteiger partial charge in [0.2, 0.25) is 5.91 Å². The molecule has 1 fully saturated rings. The normalized spacial score (nSPS) is 19.2. The van der Waals surface area contributed by atoms with E-state index in [-0.39, 0.29) is 29.9 Å². The zero-order chi connectivity index (χ0) is 21.3. The molecule has 7 nitrogen and oxygen atoms in total. The number of carbonyl (C=O) groups excluding carboxylic acids is 2. The van der Waals surface area contributed by atoms with E-state index in [0.717, 1.165) is 0 Å². The number of nitrogens with one attached hydrogen (secondary N) is 1. The molecule has 1 aromatic carbocycles. The van der Waals surface area contributed by atoms with Gasteiger partial charge in [-0.2, -0.15) is 0 Å². The number of halogens is 1. The van der Waals surface area contributed by atoms with Crippen molar-refractivity contribution in [3.63, 3.8) is 0 Å². The molecule has 1 aliphatic rings. The number of piperazine rings is 1. The second kappa shape index (κ2) is 8.14. The number of aromatic nitrogens is 1. The summed E-state index contributed by atoms with van der Waals surface area (Å²) < 4.78 is 23.9. The van der Waals surface area contributed by atoms with Crippen molar-refractivity contribution in [1.29, 1.82) is 0 Å². The quantitative estimate of drug-likeness (QED) is 0.690. The molecule has 0 bridgehead atoms. The molecule has 1 N–H and O–H groups in total. The SMILES string of the molecule is CC(C)C[C@H]1C(=O)N[C@H](c2ccco2)CN1C(=O)c1cc(-c2ccc(F)cc2)on1. The fourth-order valence-electron chi connectivity index (χ4n) is 3.61. The second-order valence-corrected chi connectivity index (χ2v) is 7.76. The monoisotopic (exact) mass is 411 g/mol. The minimum absolute atomic E-state index is 0.0935. The second-order valence-electron chi connectivity index (χ2n) is 7.76. The van der Waals surface area contributed by atoms with Crippen LogP contribution in [0.15, 0.2) is 57.7 Å². The molecule has 0 saturated carbocycles. The third kappa shape index (κ3) is 3.98. The molecule has 0 aliphatic carbocycles. The van der Waals surface area contributed by atoms with Gasteiger partial charge in [0, 0.05) is 18.2 Å². The van der Waals surface area contributed by atoms with Crippen LogP contribution in [0.2, 0.25) is 0 Å². The standard InChI is InChI=1S/C22H22FN3O4/c1-13(2)10-18-21(27)24-17(19-4-3-9-29-19)12-26(18)22(28)16-11-20(30-25-16)14-5-7-15(23)8-6-14/h3-9,11,13,17-18H,10,12H2,1-2H3,(H,24,27)/t17-,18-/m0/s1. The van der Waals surface area contributed by atoms with E-state index in [1.54, 1.807) is 24.3 Å². The van der Waals surface area contributed by atoms with E-state index in [1.807, 2.05) is 13.8 Å². The Morgan fingerprint density at radius 3 is 2.73 bits per heavy atom. The zero-order valence-corrected chi connectivity index (χ0v) is 16.7. The summed E-state index contributed by atoms with van der Waals surface area (Å²) in [6.45, 7) is 4.25. The van der Waals surface area contributed by atoms with Crippen LogP contribution in [0.3, 0.4) is 0 Å². The van der Waals surface area contributed by atoms with Crippen LogP contribution in [0, 0.1) is 11.7 Å². The maximum absolute atomic E-state index is 13.3. The summed E-state index contributed by atoms with van der Waals surface area (Å²) in [5.74, 6) is 0.146. The summed E-state index contributed by atoms with van der Waals surface area (Å²) in [5.41, 5.74) is 0.697. The Kier molecular flexibility index (Phi) is 5.39. The van der Waals surface area contributed by atoms with Crippen molar-refractivity contribution < 1.29 is 22.9 Å². The third-order valence-corrected chi connectivity index (χ3v) is 5.07. The smallest absolute Gasteiger partial charge is 0.276 e. The van der Waals surface area contributed by atoms with Gasteiger partial charge in [-0.1, -0.05) is 19.0 Å². The van der Waals surface area contributed by atoms with Gasteiger partial charge >= 0.3 is 0 Å². The maximum Gasteiger partial charge on any atom is 0.276 e. The van der Waals surface area contributed by atoms with E-state index in [9.17, 15) is 14.0 Å². The van der Waals surface area contributed by atoms with E-state index < -0.39 is 18.0 Å². The van der Waals surface area contributed by atoms with Crippen molar-refractivity contribution in [3.05, 3.63) is 66.0 Å². The summed E-state index contributed by atoms with van der Waals surface area (Å²) in [7, 11) is 0. The van der Waals surface area contributed by atoms with Crippen LogP contribution in [0.1, 0.15) is 42.6 Å². The van der Waals surface area contributed by atoms with Crippen LogP contribution in [0.5, 0.6) is 0 Å². The number of amides is 2. The van der Waals surface area contributed by atoms with E-state index in [1.165, 1.54) is 29.4 Å². The molecule has 0 radical (unpaired) electrons. The lowest BCUT2D eigenvalue weighted by Crippen LogP contribution is -2.58. The summed E-state index contributed by atoms with van der Waals surface area (Å²) in [6.07, 6.45) is 2.05. The first kappa shape index (κ1) is 19.9. The molecule has 0 spiro atoms. The van der Waals surface area contributed by atoms with Crippen LogP contribution in [-0.4, -0.2) is 34.5 Å². The minimum atomic E-state index is -0.616. The fraction of sp³-hybridized carbons (Fsp3) is 0.318. The van der Waals surface area contributed by atoms with Gasteiger partial charge in [0.1, 0.15) is 23.7 Å². The number of furan rings is 1. The van der Waals surface area contributed by atoms with Crippen molar-refractivity contribution in [2.45, 2.75) is 32.4 Å². The van der Waals surface area contributed by atoms with E-state index >= 15 is 0 Å². The molecule has 8 heteroatoms. The predicted molar refractivity (Wildman–Crippen MR) is 106 cm³/mol. The highest BCUT2D eigenvalue weighted by Crippen LogP contribution is 2.27. The zero-order valence-electron chi connectivity index (χ0n) is 16.7. The Labute approximate surface area is 172 Å².